The number of furan rings is 3. The molecule has 0 radical (unpaired) electrons. The van der Waals surface area contributed by atoms with E-state index in [1.807, 2.05) is 309 Å². The lowest BCUT2D eigenvalue weighted by molar-refractivity contribution is 0.672. The van der Waals surface area contributed by atoms with Gasteiger partial charge < -0.3 is 13.3 Å². The van der Waals surface area contributed by atoms with Crippen molar-refractivity contribution in [3.05, 3.63) is 497 Å². The fraction of sp³-hybridized carbons (Fsp3) is 0. The molecule has 137 heavy (non-hydrogen) atoms. The SMILES string of the molecule is [2H]c1c([2H])c([2H])c2c(-c3cccc4oc5c6ccccc6ccc5c34)c3c([2H])c([2H])c([2H])c([2H])c3c(-c3cc(-c4ccccc4)c4ccccc4c3)c2c1[2H].[2H]c1c([2H])c([2H])c2c(-c3cccc4oc5c6ccccc6ccc5c34)c3c([2H])c([2H])c([2H])c([2H])c3c(-c3ccc(-c4ccc(-c5ccccc5)cc4)cc3)c2c1[2H].[2H]c1c([2H])c([2H])c2c(-c3cccc4oc5c6ccccc6ccc5c34)c3c([2H])c([2H])c([2H])c([2H])c3c(-c3cccc4ccccc34)c2c1[2H]. The molecule has 3 nitrogen and oxygen atoms in total. The second-order valence-electron chi connectivity index (χ2n) is 34.2. The van der Waals surface area contributed by atoms with E-state index in [0.29, 0.717) is 116 Å². The molecule has 0 amide bonds. The normalized spacial score (nSPS) is 14.2. The number of benzene rings is 26. The van der Waals surface area contributed by atoms with Crippen LogP contribution in [0.3, 0.4) is 0 Å². The third-order valence-electron chi connectivity index (χ3n) is 26.9. The summed E-state index contributed by atoms with van der Waals surface area (Å²) in [6, 6.07) is 104. The van der Waals surface area contributed by atoms with Gasteiger partial charge >= 0.3 is 0 Å². The molecule has 3 heteroatoms. The van der Waals surface area contributed by atoms with Gasteiger partial charge in [0, 0.05) is 48.5 Å². The van der Waals surface area contributed by atoms with Gasteiger partial charge in [-0.05, 0) is 251 Å². The van der Waals surface area contributed by atoms with Gasteiger partial charge in [-0.3, -0.25) is 0 Å². The summed E-state index contributed by atoms with van der Waals surface area (Å²) in [4.78, 5) is 0. The van der Waals surface area contributed by atoms with Gasteiger partial charge in [0.1, 0.15) is 33.5 Å². The van der Waals surface area contributed by atoms with E-state index in [1.165, 1.54) is 0 Å². The smallest absolute Gasteiger partial charge is 0.143 e. The van der Waals surface area contributed by atoms with Gasteiger partial charge in [-0.2, -0.15) is 0 Å². The van der Waals surface area contributed by atoms with Crippen molar-refractivity contribution in [1.29, 1.82) is 0 Å². The van der Waals surface area contributed by atoms with Crippen molar-refractivity contribution in [2.75, 3.05) is 0 Å². The summed E-state index contributed by atoms with van der Waals surface area (Å²) >= 11 is 0. The average Bonchev–Trinajstić information content (AvgIpc) is 1.53. The van der Waals surface area contributed by atoms with Crippen molar-refractivity contribution < 1.29 is 46.1 Å². The molecular formula is C134H82O3. The first-order valence-electron chi connectivity index (χ1n) is 57.2. The quantitative estimate of drug-likeness (QED) is 0.135. The Kier molecular flexibility index (Phi) is 13.7. The first-order valence-corrected chi connectivity index (χ1v) is 45.2. The summed E-state index contributed by atoms with van der Waals surface area (Å²) in [7, 11) is 0. The summed E-state index contributed by atoms with van der Waals surface area (Å²) in [5, 5.41) is 15.6. The third kappa shape index (κ3) is 13.0. The van der Waals surface area contributed by atoms with Crippen LogP contribution in [-0.4, -0.2) is 0 Å². The molecule has 0 aliphatic carbocycles. The van der Waals surface area contributed by atoms with Crippen molar-refractivity contribution in [2.45, 2.75) is 0 Å². The molecule has 0 aliphatic rings. The van der Waals surface area contributed by atoms with Crippen LogP contribution in [-0.2, 0) is 0 Å². The summed E-state index contributed by atoms with van der Waals surface area (Å²) in [5.41, 5.74) is 14.7. The summed E-state index contributed by atoms with van der Waals surface area (Å²) in [6.07, 6.45) is 0. The van der Waals surface area contributed by atoms with Gasteiger partial charge in [-0.1, -0.05) is 448 Å². The molecular weight excluding hydrogens is 1660 g/mol. The minimum absolute atomic E-state index is 0.163. The molecule has 0 atom stereocenters. The summed E-state index contributed by atoms with van der Waals surface area (Å²) < 4.78 is 239. The third-order valence-corrected chi connectivity index (χ3v) is 26.9. The number of hydrogen-bond acceptors (Lipinski definition) is 3. The fourth-order valence-corrected chi connectivity index (χ4v) is 20.9. The highest BCUT2D eigenvalue weighted by atomic mass is 16.3. The Morgan fingerprint density at radius 3 is 0.745 bits per heavy atom. The topological polar surface area (TPSA) is 39.4 Å². The van der Waals surface area contributed by atoms with Gasteiger partial charge in [0.2, 0.25) is 0 Å². The van der Waals surface area contributed by atoms with Crippen molar-refractivity contribution in [1.82, 2.24) is 0 Å². The Morgan fingerprint density at radius 2 is 0.387 bits per heavy atom. The molecule has 636 valence electrons. The Morgan fingerprint density at radius 1 is 0.139 bits per heavy atom. The zero-order valence-electron chi connectivity index (χ0n) is 96.7. The molecule has 0 aliphatic heterocycles. The maximum atomic E-state index is 9.51. The highest BCUT2D eigenvalue weighted by molar-refractivity contribution is 6.32. The van der Waals surface area contributed by atoms with Crippen LogP contribution in [0.4, 0.5) is 0 Å². The summed E-state index contributed by atoms with van der Waals surface area (Å²) in [5.74, 6) is 0. The van der Waals surface area contributed by atoms with E-state index < -0.39 is 72.5 Å². The van der Waals surface area contributed by atoms with Crippen molar-refractivity contribution in [3.8, 4) is 100 Å². The lowest BCUT2D eigenvalue weighted by Crippen LogP contribution is -1.92. The Hall–Kier alpha value is -18.0. The van der Waals surface area contributed by atoms with Crippen LogP contribution >= 0.6 is 0 Å². The first kappa shape index (κ1) is 58.0. The molecule has 0 fully saturated rings. The Balaban J connectivity index is 0.000000117. The predicted molar refractivity (Wildman–Crippen MR) is 583 cm³/mol. The fourth-order valence-electron chi connectivity index (χ4n) is 20.9. The molecule has 3 heterocycles. The molecule has 0 N–H and O–H groups in total. The van der Waals surface area contributed by atoms with Crippen LogP contribution in [0.5, 0.6) is 0 Å². The standard InChI is InChI=1S/C48H30O.C46H28O.C40H24O/c1-2-11-31(12-3-1)32-21-23-33(24-22-32)34-25-27-36(28-26-34)45-38-15-6-8-17-40(38)46(41-18-9-7-16-39(41)45)42-19-10-20-44-47(42)43-30-29-35-13-4-5-14-37(35)48(43)49-44;1-2-13-29(14-3-1)41-28-32(27-31-16-5-6-17-33(31)41)43-35-19-8-10-21-37(35)44(38-22-11-9-20-36(38)43)39-23-12-24-42-45(39)40-26-25-30-15-4-7-18-34(30)46(40)47-42;1-3-14-27-25(11-1)13-9-20-29(27)37-30-16-5-7-18-32(30)38(33-19-8-6-17-31(33)37)34-21-10-22-36-39(34)35-24-23-26-12-2-4-15-28(26)40(35)41-36/h1-30H;1-28H;1-24H/i6D,7D,8D,9D,15D,16D,17D,18D;8D,9D,10D,11D,19D,20D,21D,22D;5D,6D,7D,8D,16D,17D,18D,19D. The maximum absolute atomic E-state index is 9.51. The van der Waals surface area contributed by atoms with Gasteiger partial charge in [0.05, 0.1) is 32.9 Å². The van der Waals surface area contributed by atoms with Gasteiger partial charge in [0.25, 0.3) is 0 Å². The van der Waals surface area contributed by atoms with E-state index in [0.717, 1.165) is 103 Å². The lowest BCUT2D eigenvalue weighted by atomic mass is 9.83. The molecule has 29 aromatic rings. The van der Waals surface area contributed by atoms with E-state index in [-0.39, 0.29) is 137 Å². The molecule has 3 aromatic heterocycles. The van der Waals surface area contributed by atoms with E-state index in [9.17, 15) is 16.4 Å². The number of hydrogen-bond donors (Lipinski definition) is 0. The molecule has 0 unspecified atom stereocenters. The van der Waals surface area contributed by atoms with Crippen molar-refractivity contribution in [3.63, 3.8) is 0 Å². The predicted octanol–water partition coefficient (Wildman–Crippen LogP) is 38.4. The Bertz CT molecular complexity index is 11300. The van der Waals surface area contributed by atoms with Gasteiger partial charge in [0.15, 0.2) is 0 Å². The van der Waals surface area contributed by atoms with Crippen LogP contribution < -0.4 is 0 Å². The van der Waals surface area contributed by atoms with Gasteiger partial charge in [-0.25, -0.2) is 0 Å². The van der Waals surface area contributed by atoms with Crippen LogP contribution in [0.2, 0.25) is 0 Å². The molecule has 0 saturated heterocycles. The second kappa shape index (κ2) is 32.5. The minimum atomic E-state index is -0.441. The zero-order chi connectivity index (χ0) is 111. The largest absolute Gasteiger partial charge is 0.455 e. The monoisotopic (exact) mass is 1760 g/mol. The van der Waals surface area contributed by atoms with E-state index in [1.54, 1.807) is 18.2 Å². The second-order valence-corrected chi connectivity index (χ2v) is 34.2. The zero-order valence-corrected chi connectivity index (χ0v) is 72.7. The van der Waals surface area contributed by atoms with Crippen LogP contribution in [0, 0.1) is 0 Å². The van der Waals surface area contributed by atoms with Crippen LogP contribution in [0.25, 0.3) is 284 Å². The minimum Gasteiger partial charge on any atom is -0.455 e. The van der Waals surface area contributed by atoms with E-state index >= 15 is 0 Å². The maximum Gasteiger partial charge on any atom is 0.143 e. The van der Waals surface area contributed by atoms with Crippen LogP contribution in [0.15, 0.2) is 510 Å². The molecule has 0 bridgehead atoms. The highest BCUT2D eigenvalue weighted by Gasteiger charge is 2.27. The first-order chi connectivity index (χ1) is 78.0. The Labute approximate surface area is 823 Å². The number of rotatable bonds is 9. The average molecular weight is 1760 g/mol. The van der Waals surface area contributed by atoms with Crippen molar-refractivity contribution in [2.24, 2.45) is 0 Å². The molecule has 26 aromatic carbocycles. The van der Waals surface area contributed by atoms with E-state index in [2.05, 4.69) is 24.3 Å². The van der Waals surface area contributed by atoms with E-state index in [4.69, 9.17) is 29.7 Å². The highest BCUT2D eigenvalue weighted by Crippen LogP contribution is 2.54. The molecule has 0 spiro atoms. The van der Waals surface area contributed by atoms with Gasteiger partial charge in [-0.15, -0.1) is 0 Å². The molecule has 0 saturated carbocycles. The molecule has 29 rings (SSSR count). The summed E-state index contributed by atoms with van der Waals surface area (Å²) in [6.45, 7) is 0. The van der Waals surface area contributed by atoms with Crippen molar-refractivity contribution >= 4 is 184 Å². The van der Waals surface area contributed by atoms with Crippen LogP contribution in [0.1, 0.15) is 32.9 Å². The number of fused-ring (bicyclic) bond motifs is 23. The lowest BCUT2D eigenvalue weighted by Gasteiger charge is -2.19.